The first-order chi connectivity index (χ1) is 10.00. The Balaban J connectivity index is 1.71. The van der Waals surface area contributed by atoms with Gasteiger partial charge in [-0.15, -0.1) is 0 Å². The molecule has 8 heteroatoms. The predicted octanol–water partition coefficient (Wildman–Crippen LogP) is 1.20. The monoisotopic (exact) mass is 310 g/mol. The molecule has 0 radical (unpaired) electrons. The Hall–Kier alpha value is -1.57. The van der Waals surface area contributed by atoms with Crippen molar-refractivity contribution in [2.75, 3.05) is 11.5 Å². The number of amides is 3. The second-order valence-corrected chi connectivity index (χ2v) is 7.01. The molecule has 0 aromatic carbocycles. The van der Waals surface area contributed by atoms with Gasteiger partial charge in [0.05, 0.1) is 0 Å². The molecule has 1 unspecified atom stereocenters. The van der Waals surface area contributed by atoms with Gasteiger partial charge >= 0.3 is 6.03 Å². The fraction of sp³-hybridized carbons (Fsp3) is 0.692. The molecule has 1 aromatic rings. The number of nitrogens with one attached hydrogen (secondary N) is 1. The number of imide groups is 1. The van der Waals surface area contributed by atoms with Crippen LogP contribution in [0, 0.1) is 5.92 Å². The van der Waals surface area contributed by atoms with E-state index < -0.39 is 5.54 Å². The van der Waals surface area contributed by atoms with E-state index in [9.17, 15) is 9.59 Å². The second-order valence-electron chi connectivity index (χ2n) is 5.91. The fourth-order valence-electron chi connectivity index (χ4n) is 2.59. The summed E-state index contributed by atoms with van der Waals surface area (Å²) in [5.74, 6) is 2.68. The van der Waals surface area contributed by atoms with E-state index in [1.54, 1.807) is 11.8 Å². The van der Waals surface area contributed by atoms with Gasteiger partial charge < -0.3 is 9.84 Å². The first-order valence-electron chi connectivity index (χ1n) is 7.03. The number of hydrogen-bond donors (Lipinski definition) is 1. The van der Waals surface area contributed by atoms with Crippen LogP contribution in [0.3, 0.4) is 0 Å². The van der Waals surface area contributed by atoms with Gasteiger partial charge in [0.2, 0.25) is 5.89 Å². The minimum Gasteiger partial charge on any atom is -0.337 e. The van der Waals surface area contributed by atoms with Crippen LogP contribution >= 0.6 is 11.8 Å². The van der Waals surface area contributed by atoms with E-state index >= 15 is 0 Å². The van der Waals surface area contributed by atoms with Gasteiger partial charge in [0.1, 0.15) is 12.1 Å². The van der Waals surface area contributed by atoms with E-state index in [4.69, 9.17) is 4.52 Å². The first kappa shape index (κ1) is 14.4. The predicted molar refractivity (Wildman–Crippen MR) is 76.6 cm³/mol. The molecule has 2 aliphatic heterocycles. The highest BCUT2D eigenvalue weighted by Gasteiger charge is 2.53. The summed E-state index contributed by atoms with van der Waals surface area (Å²) in [7, 11) is 0. The lowest BCUT2D eigenvalue weighted by molar-refractivity contribution is -0.131. The maximum atomic E-state index is 12.5. The molecule has 1 atom stereocenters. The number of aromatic nitrogens is 2. The summed E-state index contributed by atoms with van der Waals surface area (Å²) < 4.78 is 5.13. The van der Waals surface area contributed by atoms with E-state index in [2.05, 4.69) is 29.3 Å². The van der Waals surface area contributed by atoms with Crippen molar-refractivity contribution >= 4 is 23.7 Å². The summed E-state index contributed by atoms with van der Waals surface area (Å²) in [5, 5.41) is 6.69. The van der Waals surface area contributed by atoms with Crippen LogP contribution in [0.2, 0.25) is 0 Å². The number of carbonyl (C=O) groups excluding carboxylic acids is 2. The number of rotatable bonds is 4. The lowest BCUT2D eigenvalue weighted by Crippen LogP contribution is -2.46. The highest BCUT2D eigenvalue weighted by Crippen LogP contribution is 2.33. The van der Waals surface area contributed by atoms with Crippen LogP contribution in [-0.2, 0) is 17.8 Å². The molecular weight excluding hydrogens is 292 g/mol. The molecule has 3 amide bonds. The van der Waals surface area contributed by atoms with Crippen LogP contribution in [0.5, 0.6) is 0 Å². The maximum Gasteiger partial charge on any atom is 0.325 e. The topological polar surface area (TPSA) is 88.3 Å². The number of urea groups is 1. The Bertz CT molecular complexity index is 566. The Morgan fingerprint density at radius 3 is 2.95 bits per heavy atom. The average Bonchev–Trinajstić information content (AvgIpc) is 3.09. The van der Waals surface area contributed by atoms with Crippen LogP contribution in [0.15, 0.2) is 4.52 Å². The third kappa shape index (κ3) is 2.64. The maximum absolute atomic E-state index is 12.5. The molecule has 0 saturated carbocycles. The lowest BCUT2D eigenvalue weighted by Gasteiger charge is -2.18. The van der Waals surface area contributed by atoms with Crippen molar-refractivity contribution in [3.63, 3.8) is 0 Å². The van der Waals surface area contributed by atoms with E-state index in [-0.39, 0.29) is 18.5 Å². The third-order valence-corrected chi connectivity index (χ3v) is 4.85. The van der Waals surface area contributed by atoms with E-state index in [1.807, 2.05) is 0 Å². The number of nitrogens with zero attached hydrogens (tertiary/aromatic N) is 3. The van der Waals surface area contributed by atoms with Crippen LogP contribution in [0.1, 0.15) is 32.0 Å². The Labute approximate surface area is 126 Å². The molecule has 21 heavy (non-hydrogen) atoms. The van der Waals surface area contributed by atoms with Crippen molar-refractivity contribution in [1.82, 2.24) is 20.4 Å². The van der Waals surface area contributed by atoms with E-state index in [1.165, 1.54) is 4.90 Å². The van der Waals surface area contributed by atoms with Crippen molar-refractivity contribution in [2.24, 2.45) is 5.92 Å². The summed E-state index contributed by atoms with van der Waals surface area (Å²) in [4.78, 5) is 29.9. The zero-order valence-electron chi connectivity index (χ0n) is 12.1. The van der Waals surface area contributed by atoms with Gasteiger partial charge in [0, 0.05) is 12.2 Å². The minimum atomic E-state index is -0.720. The normalized spacial score (nSPS) is 25.4. The fourth-order valence-corrected chi connectivity index (χ4v) is 3.92. The highest BCUT2D eigenvalue weighted by atomic mass is 32.2. The minimum absolute atomic E-state index is 0.0438. The molecular formula is C13H18N4O3S. The molecule has 0 bridgehead atoms. The second kappa shape index (κ2) is 5.32. The van der Waals surface area contributed by atoms with Crippen LogP contribution < -0.4 is 5.32 Å². The number of carbonyl (C=O) groups is 2. The number of hydrogen-bond acceptors (Lipinski definition) is 6. The third-order valence-electron chi connectivity index (χ3n) is 3.66. The quantitative estimate of drug-likeness (QED) is 0.841. The van der Waals surface area contributed by atoms with E-state index in [0.717, 1.165) is 5.75 Å². The van der Waals surface area contributed by atoms with Gasteiger partial charge in [-0.25, -0.2) is 4.79 Å². The Morgan fingerprint density at radius 1 is 1.48 bits per heavy atom. The molecule has 3 rings (SSSR count). The van der Waals surface area contributed by atoms with Crippen molar-refractivity contribution < 1.29 is 14.1 Å². The van der Waals surface area contributed by atoms with Gasteiger partial charge in [-0.3, -0.25) is 9.69 Å². The molecule has 3 heterocycles. The Kier molecular flexibility index (Phi) is 3.64. The van der Waals surface area contributed by atoms with Gasteiger partial charge in [-0.05, 0) is 18.1 Å². The zero-order valence-corrected chi connectivity index (χ0v) is 12.9. The van der Waals surface area contributed by atoms with Crippen molar-refractivity contribution in [3.05, 3.63) is 11.7 Å². The summed E-state index contributed by atoms with van der Waals surface area (Å²) in [6, 6.07) is -0.369. The van der Waals surface area contributed by atoms with Gasteiger partial charge in [0.15, 0.2) is 5.82 Å². The van der Waals surface area contributed by atoms with Gasteiger partial charge in [0.25, 0.3) is 5.91 Å². The molecule has 1 aromatic heterocycles. The molecule has 1 spiro atoms. The first-order valence-corrected chi connectivity index (χ1v) is 8.19. The molecule has 1 N–H and O–H groups in total. The van der Waals surface area contributed by atoms with Crippen LogP contribution in [0.25, 0.3) is 0 Å². The smallest absolute Gasteiger partial charge is 0.325 e. The molecule has 2 fully saturated rings. The summed E-state index contributed by atoms with van der Waals surface area (Å²) in [5.41, 5.74) is -0.720. The summed E-state index contributed by atoms with van der Waals surface area (Å²) in [6.45, 7) is 4.17. The van der Waals surface area contributed by atoms with Crippen molar-refractivity contribution in [3.8, 4) is 0 Å². The highest BCUT2D eigenvalue weighted by molar-refractivity contribution is 7.99. The molecule has 2 saturated heterocycles. The van der Waals surface area contributed by atoms with E-state index in [0.29, 0.717) is 36.2 Å². The lowest BCUT2D eigenvalue weighted by atomic mass is 9.99. The van der Waals surface area contributed by atoms with Crippen molar-refractivity contribution in [2.45, 2.75) is 38.8 Å². The number of thioether (sulfide) groups is 1. The largest absolute Gasteiger partial charge is 0.337 e. The summed E-state index contributed by atoms with van der Waals surface area (Å²) >= 11 is 1.68. The van der Waals surface area contributed by atoms with Gasteiger partial charge in [-0.1, -0.05) is 19.0 Å². The standard InChI is InChI=1S/C13H18N4O3S/c1-8(2)5-9-14-10(20-16-9)6-17-11(18)13(15-12(17)19)3-4-21-7-13/h8H,3-7H2,1-2H3,(H,15,19). The van der Waals surface area contributed by atoms with Crippen molar-refractivity contribution in [1.29, 1.82) is 0 Å². The average molecular weight is 310 g/mol. The Morgan fingerprint density at radius 2 is 2.29 bits per heavy atom. The zero-order chi connectivity index (χ0) is 15.0. The SMILES string of the molecule is CC(C)Cc1noc(CN2C(=O)NC3(CCSC3)C2=O)n1. The summed E-state index contributed by atoms with van der Waals surface area (Å²) in [6.07, 6.45) is 1.39. The van der Waals surface area contributed by atoms with Crippen LogP contribution in [0.4, 0.5) is 4.79 Å². The molecule has 0 aliphatic carbocycles. The molecule has 2 aliphatic rings. The van der Waals surface area contributed by atoms with Gasteiger partial charge in [-0.2, -0.15) is 16.7 Å². The molecule has 7 nitrogen and oxygen atoms in total. The molecule has 114 valence electrons. The van der Waals surface area contributed by atoms with Crippen LogP contribution in [-0.4, -0.2) is 44.0 Å².